The molecule has 3 aromatic rings. The number of Topliss-reactive ketones (excluding diaryl/α,β-unsaturated/α-hetero) is 1. The van der Waals surface area contributed by atoms with E-state index < -0.39 is 17.7 Å². The fourth-order valence-electron chi connectivity index (χ4n) is 3.78. The third kappa shape index (κ3) is 3.69. The highest BCUT2D eigenvalue weighted by Crippen LogP contribution is 2.43. The number of aryl methyl sites for hydroxylation is 1. The van der Waals surface area contributed by atoms with Gasteiger partial charge in [-0.3, -0.25) is 14.5 Å². The highest BCUT2D eigenvalue weighted by molar-refractivity contribution is 6.51. The largest absolute Gasteiger partial charge is 0.508 e. The van der Waals surface area contributed by atoms with Crippen LogP contribution in [0.1, 0.15) is 22.7 Å². The maximum absolute atomic E-state index is 13.1. The van der Waals surface area contributed by atoms with Crippen molar-refractivity contribution in [2.24, 2.45) is 0 Å². The number of carbonyl (C=O) groups excluding carboxylic acids is 2. The zero-order valence-corrected chi connectivity index (χ0v) is 18.1. The summed E-state index contributed by atoms with van der Waals surface area (Å²) >= 11 is 6.20. The lowest BCUT2D eigenvalue weighted by Crippen LogP contribution is -2.29. The number of nitrogens with zero attached hydrogens (tertiary/aromatic N) is 1. The predicted octanol–water partition coefficient (Wildman–Crippen LogP) is 4.99. The van der Waals surface area contributed by atoms with Crippen LogP contribution in [0.15, 0.2) is 72.3 Å². The van der Waals surface area contributed by atoms with Crippen LogP contribution in [0.4, 0.5) is 5.69 Å². The minimum atomic E-state index is -0.939. The van der Waals surface area contributed by atoms with Crippen molar-refractivity contribution in [1.29, 1.82) is 0 Å². The van der Waals surface area contributed by atoms with Crippen LogP contribution in [0.5, 0.6) is 11.5 Å². The quantitative estimate of drug-likeness (QED) is 0.333. The van der Waals surface area contributed by atoms with Crippen LogP contribution in [-0.2, 0) is 9.59 Å². The molecule has 1 saturated heterocycles. The molecule has 6 nitrogen and oxygen atoms in total. The van der Waals surface area contributed by atoms with Gasteiger partial charge in [0.05, 0.1) is 23.7 Å². The van der Waals surface area contributed by atoms with E-state index in [4.69, 9.17) is 16.3 Å². The zero-order valence-electron chi connectivity index (χ0n) is 17.4. The van der Waals surface area contributed by atoms with E-state index in [1.807, 2.05) is 19.1 Å². The average Bonchev–Trinajstić information content (AvgIpc) is 3.04. The van der Waals surface area contributed by atoms with Crippen molar-refractivity contribution >= 4 is 34.7 Å². The second-order valence-corrected chi connectivity index (χ2v) is 7.86. The van der Waals surface area contributed by atoms with Crippen molar-refractivity contribution in [3.05, 3.63) is 94.0 Å². The van der Waals surface area contributed by atoms with Gasteiger partial charge in [0, 0.05) is 11.3 Å². The fourth-order valence-corrected chi connectivity index (χ4v) is 4.04. The minimum Gasteiger partial charge on any atom is -0.508 e. The lowest BCUT2D eigenvalue weighted by molar-refractivity contribution is -0.132. The first kappa shape index (κ1) is 21.5. The minimum absolute atomic E-state index is 0.0236. The number of anilines is 1. The summed E-state index contributed by atoms with van der Waals surface area (Å²) in [4.78, 5) is 27.5. The lowest BCUT2D eigenvalue weighted by atomic mass is 9.95. The molecule has 1 atom stereocenters. The Kier molecular flexibility index (Phi) is 5.63. The maximum atomic E-state index is 13.1. The molecule has 7 heteroatoms. The Balaban J connectivity index is 1.94. The average molecular weight is 450 g/mol. The first-order chi connectivity index (χ1) is 15.3. The molecule has 0 spiro atoms. The topological polar surface area (TPSA) is 87.1 Å². The van der Waals surface area contributed by atoms with Gasteiger partial charge in [0.1, 0.15) is 17.3 Å². The van der Waals surface area contributed by atoms with Crippen LogP contribution in [0.2, 0.25) is 5.02 Å². The number of amides is 1. The highest BCUT2D eigenvalue weighted by atomic mass is 35.5. The van der Waals surface area contributed by atoms with E-state index >= 15 is 0 Å². The summed E-state index contributed by atoms with van der Waals surface area (Å²) in [5.41, 5.74) is 2.14. The number of phenolic OH excluding ortho intramolecular Hbond substituents is 1. The smallest absolute Gasteiger partial charge is 0.300 e. The van der Waals surface area contributed by atoms with Crippen molar-refractivity contribution in [3.8, 4) is 11.5 Å². The summed E-state index contributed by atoms with van der Waals surface area (Å²) in [6, 6.07) is 17.0. The molecule has 4 rings (SSSR count). The highest BCUT2D eigenvalue weighted by Gasteiger charge is 2.47. The summed E-state index contributed by atoms with van der Waals surface area (Å²) in [5, 5.41) is 21.4. The van der Waals surface area contributed by atoms with Gasteiger partial charge in [-0.05, 0) is 55.0 Å². The van der Waals surface area contributed by atoms with Crippen molar-refractivity contribution in [1.82, 2.24) is 0 Å². The molecule has 3 aromatic carbocycles. The van der Waals surface area contributed by atoms with Crippen LogP contribution in [0, 0.1) is 6.92 Å². The Hall–Kier alpha value is -3.77. The maximum Gasteiger partial charge on any atom is 0.300 e. The molecule has 1 amide bonds. The SMILES string of the molecule is COc1ccc(/C(O)=C2/C(=O)C(=O)N(c3ccc(C)cc3)C2c2cccc(O)c2)cc1Cl. The number of hydrogen-bond donors (Lipinski definition) is 2. The molecule has 1 heterocycles. The molecule has 1 unspecified atom stereocenters. The number of carbonyl (C=O) groups is 2. The van der Waals surface area contributed by atoms with Gasteiger partial charge in [0.15, 0.2) is 0 Å². The van der Waals surface area contributed by atoms with E-state index in [1.165, 1.54) is 30.2 Å². The Morgan fingerprint density at radius 3 is 2.38 bits per heavy atom. The normalized spacial score (nSPS) is 17.6. The number of ketones is 1. The number of halogens is 1. The van der Waals surface area contributed by atoms with E-state index in [2.05, 4.69) is 0 Å². The molecule has 2 N–H and O–H groups in total. The molecule has 32 heavy (non-hydrogen) atoms. The van der Waals surface area contributed by atoms with Crippen LogP contribution in [-0.4, -0.2) is 29.0 Å². The summed E-state index contributed by atoms with van der Waals surface area (Å²) in [5.74, 6) is -1.58. The second kappa shape index (κ2) is 8.40. The summed E-state index contributed by atoms with van der Waals surface area (Å²) in [7, 11) is 1.47. The van der Waals surface area contributed by atoms with Gasteiger partial charge in [0.2, 0.25) is 0 Å². The van der Waals surface area contributed by atoms with Crippen LogP contribution >= 0.6 is 11.6 Å². The summed E-state index contributed by atoms with van der Waals surface area (Å²) in [6.45, 7) is 1.91. The first-order valence-electron chi connectivity index (χ1n) is 9.82. The lowest BCUT2D eigenvalue weighted by Gasteiger charge is -2.25. The van der Waals surface area contributed by atoms with Crippen LogP contribution < -0.4 is 9.64 Å². The van der Waals surface area contributed by atoms with Crippen molar-refractivity contribution in [3.63, 3.8) is 0 Å². The standard InChI is InChI=1S/C25H20ClNO5/c1-14-6-9-17(10-7-14)27-22(15-4-3-5-18(28)12-15)21(24(30)25(27)31)23(29)16-8-11-20(32-2)19(26)13-16/h3-13,22,28-29H,1-2H3/b23-21-. The second-order valence-electron chi connectivity index (χ2n) is 7.45. The molecule has 0 aliphatic carbocycles. The van der Waals surface area contributed by atoms with E-state index in [9.17, 15) is 19.8 Å². The summed E-state index contributed by atoms with van der Waals surface area (Å²) in [6.07, 6.45) is 0. The number of phenols is 1. The summed E-state index contributed by atoms with van der Waals surface area (Å²) < 4.78 is 5.14. The van der Waals surface area contributed by atoms with Gasteiger partial charge in [-0.1, -0.05) is 41.4 Å². The van der Waals surface area contributed by atoms with E-state index in [-0.39, 0.29) is 27.7 Å². The molecule has 1 aliphatic rings. The molecule has 0 radical (unpaired) electrons. The Bertz CT molecular complexity index is 1250. The molecule has 0 bridgehead atoms. The number of hydrogen-bond acceptors (Lipinski definition) is 5. The molecule has 1 fully saturated rings. The number of ether oxygens (including phenoxy) is 1. The third-order valence-electron chi connectivity index (χ3n) is 5.37. The number of aliphatic hydroxyl groups excluding tert-OH is 1. The van der Waals surface area contributed by atoms with Crippen LogP contribution in [0.25, 0.3) is 5.76 Å². The van der Waals surface area contributed by atoms with Crippen molar-refractivity contribution in [2.45, 2.75) is 13.0 Å². The fraction of sp³-hybridized carbons (Fsp3) is 0.120. The monoisotopic (exact) mass is 449 g/mol. The van der Waals surface area contributed by atoms with Gasteiger partial charge in [-0.25, -0.2) is 0 Å². The predicted molar refractivity (Wildman–Crippen MR) is 122 cm³/mol. The Morgan fingerprint density at radius 1 is 1.03 bits per heavy atom. The number of aromatic hydroxyl groups is 1. The Morgan fingerprint density at radius 2 is 1.75 bits per heavy atom. The number of benzene rings is 3. The third-order valence-corrected chi connectivity index (χ3v) is 5.66. The number of rotatable bonds is 4. The molecule has 1 aliphatic heterocycles. The van der Waals surface area contributed by atoms with Gasteiger partial charge < -0.3 is 14.9 Å². The molecule has 162 valence electrons. The molecule has 0 aromatic heterocycles. The first-order valence-corrected chi connectivity index (χ1v) is 10.2. The van der Waals surface area contributed by atoms with Gasteiger partial charge in [-0.15, -0.1) is 0 Å². The number of aliphatic hydroxyl groups is 1. The molecular formula is C25H20ClNO5. The van der Waals surface area contributed by atoms with E-state index in [0.29, 0.717) is 17.0 Å². The van der Waals surface area contributed by atoms with E-state index in [1.54, 1.807) is 36.4 Å². The zero-order chi connectivity index (χ0) is 23.0. The van der Waals surface area contributed by atoms with Crippen LogP contribution in [0.3, 0.4) is 0 Å². The van der Waals surface area contributed by atoms with Gasteiger partial charge >= 0.3 is 0 Å². The molecular weight excluding hydrogens is 430 g/mol. The van der Waals surface area contributed by atoms with Gasteiger partial charge in [-0.2, -0.15) is 0 Å². The van der Waals surface area contributed by atoms with Crippen molar-refractivity contribution < 1.29 is 24.5 Å². The van der Waals surface area contributed by atoms with Gasteiger partial charge in [0.25, 0.3) is 11.7 Å². The Labute approximate surface area is 189 Å². The molecule has 0 saturated carbocycles. The van der Waals surface area contributed by atoms with E-state index in [0.717, 1.165) is 5.56 Å². The van der Waals surface area contributed by atoms with Crippen molar-refractivity contribution in [2.75, 3.05) is 12.0 Å². The number of methoxy groups -OCH3 is 1.